The van der Waals surface area contributed by atoms with Crippen LogP contribution in [0.3, 0.4) is 0 Å². The summed E-state index contributed by atoms with van der Waals surface area (Å²) < 4.78 is 44.0. The molecule has 0 amide bonds. The van der Waals surface area contributed by atoms with Gasteiger partial charge in [0, 0.05) is 27.2 Å². The molecule has 11 radical (unpaired) electrons. The maximum Gasteiger partial charge on any atom is 0.673 e. The smallest absolute Gasteiger partial charge is 0.418 e. The number of ether oxygens (including phenoxy) is 1. The molecule has 24 heavy (non-hydrogen) atoms. The standard InChI is InChI=1S/C10H15.C7H9O.BF4.Ir/c1-6-7(2)9(4)10(5)8(6)3;1-8-7-5-3-2-4-6-7;2-1(3,4)5;/h1-5H3;2-7H,1H3;;/q;;-1;. The molecule has 0 unspecified atom stereocenters. The molecule has 0 aromatic rings. The van der Waals surface area contributed by atoms with E-state index in [0.717, 1.165) is 0 Å². The Kier molecular flexibility index (Phi) is 14.1. The molecular weight excluding hydrogens is 499 g/mol. The monoisotopic (exact) mass is 524 g/mol. The Balaban J connectivity index is 0. The van der Waals surface area contributed by atoms with Gasteiger partial charge in [0.15, 0.2) is 0 Å². The van der Waals surface area contributed by atoms with Crippen LogP contribution in [0.2, 0.25) is 0 Å². The maximum atomic E-state index is 9.75. The van der Waals surface area contributed by atoms with Crippen molar-refractivity contribution in [2.45, 2.75) is 40.7 Å². The third kappa shape index (κ3) is 11.1. The summed E-state index contributed by atoms with van der Waals surface area (Å²) in [4.78, 5) is 0. The fourth-order valence-corrected chi connectivity index (χ4v) is 2.04. The van der Waals surface area contributed by atoms with Gasteiger partial charge in [-0.25, -0.2) is 0 Å². The average Bonchev–Trinajstić information content (AvgIpc) is 2.65. The Morgan fingerprint density at radius 3 is 1.12 bits per heavy atom. The Hall–Kier alpha value is 0.394. The number of hydrogen-bond donors (Lipinski definition) is 0. The molecule has 0 aromatic carbocycles. The van der Waals surface area contributed by atoms with E-state index < -0.39 is 7.25 Å². The number of methoxy groups -OCH3 is 1. The van der Waals surface area contributed by atoms with Crippen LogP contribution in [0.25, 0.3) is 0 Å². The van der Waals surface area contributed by atoms with Gasteiger partial charge in [-0.15, -0.1) is 0 Å². The van der Waals surface area contributed by atoms with Crippen LogP contribution in [0.5, 0.6) is 0 Å². The van der Waals surface area contributed by atoms with Crippen molar-refractivity contribution in [3.8, 4) is 0 Å². The van der Waals surface area contributed by atoms with Crippen LogP contribution < -0.4 is 0 Å². The molecule has 0 atom stereocenters. The van der Waals surface area contributed by atoms with E-state index in [1.807, 2.05) is 32.1 Å². The number of hydrogen-bond acceptors (Lipinski definition) is 1. The third-order valence-electron chi connectivity index (χ3n) is 3.91. The first-order valence-corrected chi connectivity index (χ1v) is 7.27. The zero-order valence-corrected chi connectivity index (χ0v) is 17.2. The van der Waals surface area contributed by atoms with Crippen molar-refractivity contribution in [1.29, 1.82) is 0 Å². The number of halogens is 4. The van der Waals surface area contributed by atoms with E-state index in [9.17, 15) is 17.3 Å². The Morgan fingerprint density at radius 2 is 0.958 bits per heavy atom. The fourth-order valence-electron chi connectivity index (χ4n) is 2.04. The van der Waals surface area contributed by atoms with E-state index in [2.05, 4.69) is 34.6 Å². The first-order chi connectivity index (χ1) is 10.5. The van der Waals surface area contributed by atoms with Crippen molar-refractivity contribution < 1.29 is 42.1 Å². The average molecular weight is 523 g/mol. The van der Waals surface area contributed by atoms with Crippen molar-refractivity contribution >= 4 is 7.25 Å². The molecule has 139 valence electrons. The molecule has 1 nitrogen and oxygen atoms in total. The number of rotatable bonds is 1. The third-order valence-corrected chi connectivity index (χ3v) is 3.91. The molecule has 0 heterocycles. The molecule has 0 saturated heterocycles. The molecule has 0 spiro atoms. The van der Waals surface area contributed by atoms with Gasteiger partial charge >= 0.3 is 7.25 Å². The molecule has 2 rings (SSSR count). The van der Waals surface area contributed by atoms with E-state index in [0.29, 0.717) is 0 Å². The molecule has 0 bridgehead atoms. The van der Waals surface area contributed by atoms with E-state index in [4.69, 9.17) is 4.74 Å². The van der Waals surface area contributed by atoms with Crippen LogP contribution in [0.4, 0.5) is 17.3 Å². The van der Waals surface area contributed by atoms with Crippen LogP contribution in [0, 0.1) is 61.7 Å². The summed E-state index contributed by atoms with van der Waals surface area (Å²) in [7, 11) is -4.30. The van der Waals surface area contributed by atoms with Crippen LogP contribution in [-0.2, 0) is 24.8 Å². The van der Waals surface area contributed by atoms with Gasteiger partial charge in [0.2, 0.25) is 0 Å². The largest absolute Gasteiger partial charge is 0.673 e. The van der Waals surface area contributed by atoms with Gasteiger partial charge < -0.3 is 22.0 Å². The molecule has 2 aliphatic rings. The van der Waals surface area contributed by atoms with Gasteiger partial charge in [0.05, 0.1) is 6.10 Å². The van der Waals surface area contributed by atoms with Gasteiger partial charge in [0.1, 0.15) is 0 Å². The van der Waals surface area contributed by atoms with Crippen molar-refractivity contribution in [2.75, 3.05) is 7.11 Å². The molecule has 2 aliphatic carbocycles. The summed E-state index contributed by atoms with van der Waals surface area (Å²) in [6.45, 7) is 11.0. The van der Waals surface area contributed by atoms with Crippen molar-refractivity contribution in [3.63, 3.8) is 0 Å². The summed E-state index contributed by atoms with van der Waals surface area (Å²) >= 11 is 0. The van der Waals surface area contributed by atoms with Crippen LogP contribution in [-0.4, -0.2) is 20.5 Å². The molecule has 0 aliphatic heterocycles. The van der Waals surface area contributed by atoms with Crippen molar-refractivity contribution in [1.82, 2.24) is 0 Å². The van der Waals surface area contributed by atoms with Gasteiger partial charge in [0.25, 0.3) is 0 Å². The SMILES string of the molecule is COC1[CH][CH][CH][CH][CH]1.C[C]1[C](C)[C](C)[C](C)[C]1C.F[B-](F)(F)F.[Ir]. The second kappa shape index (κ2) is 12.7. The van der Waals surface area contributed by atoms with Gasteiger partial charge in [-0.3, -0.25) is 0 Å². The molecular formula is C17H24BF4IrO-. The van der Waals surface area contributed by atoms with Crippen molar-refractivity contribution in [3.05, 3.63) is 61.7 Å². The molecule has 2 saturated carbocycles. The Morgan fingerprint density at radius 1 is 0.708 bits per heavy atom. The van der Waals surface area contributed by atoms with Crippen LogP contribution in [0.1, 0.15) is 34.6 Å². The van der Waals surface area contributed by atoms with Gasteiger partial charge in [-0.05, 0) is 61.7 Å². The minimum Gasteiger partial charge on any atom is -0.418 e. The summed E-state index contributed by atoms with van der Waals surface area (Å²) in [6, 6.07) is 0. The first kappa shape index (κ1) is 26.6. The first-order valence-electron chi connectivity index (χ1n) is 7.27. The zero-order valence-electron chi connectivity index (χ0n) is 14.8. The minimum absolute atomic E-state index is 0. The fraction of sp³-hybridized carbons (Fsp3) is 0.412. The second-order valence-corrected chi connectivity index (χ2v) is 5.28. The summed E-state index contributed by atoms with van der Waals surface area (Å²) in [5.41, 5.74) is 0. The zero-order chi connectivity index (χ0) is 18.2. The summed E-state index contributed by atoms with van der Waals surface area (Å²) in [5.74, 6) is 7.34. The summed E-state index contributed by atoms with van der Waals surface area (Å²) in [5, 5.41) is 0. The maximum absolute atomic E-state index is 9.75. The van der Waals surface area contributed by atoms with Crippen molar-refractivity contribution in [2.24, 2.45) is 0 Å². The summed E-state index contributed by atoms with van der Waals surface area (Å²) in [6.07, 6.45) is 10.1. The second-order valence-electron chi connectivity index (χ2n) is 5.28. The normalized spacial score (nSPS) is 22.2. The van der Waals surface area contributed by atoms with E-state index in [1.54, 1.807) is 7.11 Å². The molecule has 0 N–H and O–H groups in total. The molecule has 7 heteroatoms. The predicted octanol–water partition coefficient (Wildman–Crippen LogP) is 5.31. The molecule has 2 fully saturated rings. The predicted molar refractivity (Wildman–Crippen MR) is 87.1 cm³/mol. The minimum atomic E-state index is -6.00. The van der Waals surface area contributed by atoms with Gasteiger partial charge in [-0.1, -0.05) is 34.6 Å². The Bertz CT molecular complexity index is 261. The Labute approximate surface area is 159 Å². The molecule has 0 aromatic heterocycles. The van der Waals surface area contributed by atoms with Crippen LogP contribution in [0.15, 0.2) is 0 Å². The quantitative estimate of drug-likeness (QED) is 0.335. The van der Waals surface area contributed by atoms with Gasteiger partial charge in [-0.2, -0.15) is 0 Å². The van der Waals surface area contributed by atoms with E-state index in [1.165, 1.54) is 29.6 Å². The van der Waals surface area contributed by atoms with Crippen LogP contribution >= 0.6 is 0 Å². The van der Waals surface area contributed by atoms with E-state index in [-0.39, 0.29) is 26.2 Å². The topological polar surface area (TPSA) is 9.23 Å². The van der Waals surface area contributed by atoms with E-state index >= 15 is 0 Å².